The van der Waals surface area contributed by atoms with Crippen molar-refractivity contribution in [2.24, 2.45) is 5.92 Å². The van der Waals surface area contributed by atoms with Gasteiger partial charge in [-0.1, -0.05) is 35.5 Å². The van der Waals surface area contributed by atoms with Crippen molar-refractivity contribution in [3.8, 4) is 11.4 Å². The molecular weight excluding hydrogens is 376 g/mol. The fourth-order valence-electron chi connectivity index (χ4n) is 4.20. The van der Waals surface area contributed by atoms with Crippen molar-refractivity contribution in [3.05, 3.63) is 36.2 Å². The number of hydrogen-bond donors (Lipinski definition) is 1. The van der Waals surface area contributed by atoms with Crippen molar-refractivity contribution in [2.75, 3.05) is 19.6 Å². The zero-order valence-electron chi connectivity index (χ0n) is 16.2. The van der Waals surface area contributed by atoms with Gasteiger partial charge in [0.15, 0.2) is 0 Å². The second-order valence-corrected chi connectivity index (χ2v) is 7.65. The van der Waals surface area contributed by atoms with Crippen LogP contribution < -0.4 is 5.32 Å². The molecule has 28 heavy (non-hydrogen) atoms. The lowest BCUT2D eigenvalue weighted by Crippen LogP contribution is -2.39. The van der Waals surface area contributed by atoms with Gasteiger partial charge >= 0.3 is 0 Å². The predicted octanol–water partition coefficient (Wildman–Crippen LogP) is 3.99. The molecule has 3 heterocycles. The van der Waals surface area contributed by atoms with Gasteiger partial charge in [-0.05, 0) is 57.5 Å². The normalized spacial score (nSPS) is 20.6. The van der Waals surface area contributed by atoms with E-state index in [1.54, 1.807) is 0 Å². The number of halogens is 1. The fourth-order valence-corrected chi connectivity index (χ4v) is 4.20. The van der Waals surface area contributed by atoms with E-state index < -0.39 is 0 Å². The standard InChI is InChI=1S/C21H28N4O2.ClH/c26-19(10-9-16-11-13-22-14-12-16)25-15-5-4-8-18(25)21-23-20(24-27-21)17-6-2-1-3-7-17;/h1-3,6-7,16,18,22H,4-5,8-15H2;1H. The van der Waals surface area contributed by atoms with Crippen LogP contribution in [0.15, 0.2) is 34.9 Å². The highest BCUT2D eigenvalue weighted by atomic mass is 35.5. The minimum atomic E-state index is -0.0794. The summed E-state index contributed by atoms with van der Waals surface area (Å²) in [6.07, 6.45) is 7.02. The van der Waals surface area contributed by atoms with Crippen LogP contribution in [0, 0.1) is 5.92 Å². The minimum absolute atomic E-state index is 0. The Morgan fingerprint density at radius 1 is 1.14 bits per heavy atom. The van der Waals surface area contributed by atoms with Gasteiger partial charge in [0.1, 0.15) is 6.04 Å². The Balaban J connectivity index is 0.00000225. The summed E-state index contributed by atoms with van der Waals surface area (Å²) in [6, 6.07) is 9.75. The molecule has 1 unspecified atom stereocenters. The Morgan fingerprint density at radius 3 is 2.71 bits per heavy atom. The van der Waals surface area contributed by atoms with Crippen LogP contribution in [-0.4, -0.2) is 40.6 Å². The highest BCUT2D eigenvalue weighted by molar-refractivity contribution is 5.85. The van der Waals surface area contributed by atoms with E-state index in [4.69, 9.17) is 4.52 Å². The van der Waals surface area contributed by atoms with Crippen LogP contribution in [-0.2, 0) is 4.79 Å². The number of likely N-dealkylation sites (tertiary alicyclic amines) is 1. The van der Waals surface area contributed by atoms with Crippen molar-refractivity contribution in [1.29, 1.82) is 0 Å². The monoisotopic (exact) mass is 404 g/mol. The smallest absolute Gasteiger partial charge is 0.249 e. The molecule has 1 aromatic carbocycles. The number of carbonyl (C=O) groups is 1. The van der Waals surface area contributed by atoms with Gasteiger partial charge in [0, 0.05) is 18.5 Å². The molecule has 2 aliphatic heterocycles. The van der Waals surface area contributed by atoms with Gasteiger partial charge < -0.3 is 14.7 Å². The van der Waals surface area contributed by atoms with Crippen LogP contribution in [0.5, 0.6) is 0 Å². The molecule has 0 saturated carbocycles. The Labute approximate surface area is 172 Å². The molecule has 0 bridgehead atoms. The van der Waals surface area contributed by atoms with Crippen LogP contribution in [0.1, 0.15) is 56.9 Å². The largest absolute Gasteiger partial charge is 0.337 e. The van der Waals surface area contributed by atoms with Crippen molar-refractivity contribution < 1.29 is 9.32 Å². The van der Waals surface area contributed by atoms with E-state index in [9.17, 15) is 4.79 Å². The minimum Gasteiger partial charge on any atom is -0.337 e. The molecule has 4 rings (SSSR count). The summed E-state index contributed by atoms with van der Waals surface area (Å²) in [5.41, 5.74) is 0.937. The Kier molecular flexibility index (Phi) is 7.45. The second kappa shape index (κ2) is 10.0. The quantitative estimate of drug-likeness (QED) is 0.815. The molecule has 2 aliphatic rings. The van der Waals surface area contributed by atoms with Crippen LogP contribution in [0.2, 0.25) is 0 Å². The van der Waals surface area contributed by atoms with Gasteiger partial charge in [0.2, 0.25) is 17.6 Å². The molecule has 1 amide bonds. The molecule has 0 spiro atoms. The summed E-state index contributed by atoms with van der Waals surface area (Å²) in [7, 11) is 0. The van der Waals surface area contributed by atoms with Crippen LogP contribution in [0.3, 0.4) is 0 Å². The maximum atomic E-state index is 12.9. The highest BCUT2D eigenvalue weighted by Crippen LogP contribution is 2.32. The Bertz CT molecular complexity index is 746. The number of hydrogen-bond acceptors (Lipinski definition) is 5. The lowest BCUT2D eigenvalue weighted by atomic mass is 9.92. The average molecular weight is 405 g/mol. The third-order valence-electron chi connectivity index (χ3n) is 5.81. The molecule has 1 atom stereocenters. The number of nitrogens with one attached hydrogen (secondary N) is 1. The summed E-state index contributed by atoms with van der Waals surface area (Å²) in [6.45, 7) is 2.95. The zero-order valence-corrected chi connectivity index (χ0v) is 17.0. The maximum absolute atomic E-state index is 12.9. The third kappa shape index (κ3) is 4.92. The Morgan fingerprint density at radius 2 is 1.93 bits per heavy atom. The molecule has 0 radical (unpaired) electrons. The first kappa shape index (κ1) is 20.8. The lowest BCUT2D eigenvalue weighted by Gasteiger charge is -2.34. The van der Waals surface area contributed by atoms with Crippen LogP contribution in [0.4, 0.5) is 0 Å². The van der Waals surface area contributed by atoms with E-state index >= 15 is 0 Å². The second-order valence-electron chi connectivity index (χ2n) is 7.65. The fraction of sp³-hybridized carbons (Fsp3) is 0.571. The van der Waals surface area contributed by atoms with Gasteiger partial charge in [-0.25, -0.2) is 0 Å². The molecule has 152 valence electrons. The third-order valence-corrected chi connectivity index (χ3v) is 5.81. The molecule has 0 aliphatic carbocycles. The number of carbonyl (C=O) groups excluding carboxylic acids is 1. The van der Waals surface area contributed by atoms with E-state index in [1.807, 2.05) is 35.2 Å². The molecule has 2 fully saturated rings. The van der Waals surface area contributed by atoms with Crippen molar-refractivity contribution in [1.82, 2.24) is 20.4 Å². The predicted molar refractivity (Wildman–Crippen MR) is 110 cm³/mol. The summed E-state index contributed by atoms with van der Waals surface area (Å²) >= 11 is 0. The summed E-state index contributed by atoms with van der Waals surface area (Å²) in [5.74, 6) is 2.08. The van der Waals surface area contributed by atoms with Crippen molar-refractivity contribution >= 4 is 18.3 Å². The first-order valence-electron chi connectivity index (χ1n) is 10.2. The number of amides is 1. The summed E-state index contributed by atoms with van der Waals surface area (Å²) < 4.78 is 5.57. The number of piperidine rings is 2. The molecule has 7 heteroatoms. The van der Waals surface area contributed by atoms with E-state index in [1.165, 1.54) is 12.8 Å². The number of rotatable bonds is 5. The number of benzene rings is 1. The molecular formula is C21H29ClN4O2. The molecule has 1 N–H and O–H groups in total. The summed E-state index contributed by atoms with van der Waals surface area (Å²) in [4.78, 5) is 19.5. The van der Waals surface area contributed by atoms with Gasteiger partial charge in [-0.3, -0.25) is 4.79 Å². The van der Waals surface area contributed by atoms with E-state index in [2.05, 4.69) is 15.5 Å². The van der Waals surface area contributed by atoms with Gasteiger partial charge in [0.05, 0.1) is 0 Å². The molecule has 1 aromatic heterocycles. The summed E-state index contributed by atoms with van der Waals surface area (Å²) in [5, 5.41) is 7.53. The van der Waals surface area contributed by atoms with Gasteiger partial charge in [-0.15, -0.1) is 12.4 Å². The Hall–Kier alpha value is -1.92. The van der Waals surface area contributed by atoms with Crippen LogP contribution >= 0.6 is 12.4 Å². The first-order chi connectivity index (χ1) is 13.3. The van der Waals surface area contributed by atoms with Crippen molar-refractivity contribution in [3.63, 3.8) is 0 Å². The van der Waals surface area contributed by atoms with Crippen LogP contribution in [0.25, 0.3) is 11.4 Å². The van der Waals surface area contributed by atoms with E-state index in [0.29, 0.717) is 24.1 Å². The number of aromatic nitrogens is 2. The van der Waals surface area contributed by atoms with Gasteiger partial charge in [0.25, 0.3) is 0 Å². The van der Waals surface area contributed by atoms with Crippen molar-refractivity contribution in [2.45, 2.75) is 51.0 Å². The maximum Gasteiger partial charge on any atom is 0.249 e. The van der Waals surface area contributed by atoms with Gasteiger partial charge in [-0.2, -0.15) is 4.98 Å². The van der Waals surface area contributed by atoms with E-state index in [0.717, 1.165) is 50.9 Å². The molecule has 2 aromatic rings. The molecule has 6 nitrogen and oxygen atoms in total. The topological polar surface area (TPSA) is 71.3 Å². The molecule has 2 saturated heterocycles. The highest BCUT2D eigenvalue weighted by Gasteiger charge is 2.32. The lowest BCUT2D eigenvalue weighted by molar-refractivity contribution is -0.136. The average Bonchev–Trinajstić information content (AvgIpc) is 3.23. The number of nitrogens with zero attached hydrogens (tertiary/aromatic N) is 3. The van der Waals surface area contributed by atoms with E-state index in [-0.39, 0.29) is 24.4 Å². The SMILES string of the molecule is Cl.O=C(CCC1CCNCC1)N1CCCCC1c1nc(-c2ccccc2)no1. The first-order valence-corrected chi connectivity index (χ1v) is 10.2. The zero-order chi connectivity index (χ0) is 18.5.